The van der Waals surface area contributed by atoms with Gasteiger partial charge < -0.3 is 14.9 Å². The van der Waals surface area contributed by atoms with Crippen molar-refractivity contribution in [2.24, 2.45) is 0 Å². The zero-order valence-electron chi connectivity index (χ0n) is 8.04. The molecule has 0 aromatic rings. The third kappa shape index (κ3) is 2.36. The number of ether oxygens (including phenoxy) is 1. The average Bonchev–Trinajstić information content (AvgIpc) is 2.46. The summed E-state index contributed by atoms with van der Waals surface area (Å²) in [4.78, 5) is 32.8. The number of carboxylic acid groups (broad SMARTS) is 2. The van der Waals surface area contributed by atoms with E-state index in [4.69, 9.17) is 14.9 Å². The molecule has 1 amide bonds. The van der Waals surface area contributed by atoms with Gasteiger partial charge in [-0.3, -0.25) is 9.69 Å². The van der Waals surface area contributed by atoms with Gasteiger partial charge in [-0.25, -0.2) is 9.59 Å². The molecule has 1 fully saturated rings. The van der Waals surface area contributed by atoms with Gasteiger partial charge in [0.05, 0.1) is 0 Å². The van der Waals surface area contributed by atoms with Gasteiger partial charge in [0.1, 0.15) is 6.04 Å². The minimum absolute atomic E-state index is 0.152. The summed E-state index contributed by atoms with van der Waals surface area (Å²) in [6.45, 7) is 1.15. The fourth-order valence-electron chi connectivity index (χ4n) is 1.59. The lowest BCUT2D eigenvalue weighted by atomic mass is 10.2. The summed E-state index contributed by atoms with van der Waals surface area (Å²) in [7, 11) is 0. The Morgan fingerprint density at radius 2 is 1.87 bits per heavy atom. The summed E-state index contributed by atoms with van der Waals surface area (Å²) in [6.07, 6.45) is -2.02. The Kier molecular flexibility index (Phi) is 3.13. The number of amides is 1. The SMILES string of the molecule is CC(=O)OC1CC[C@@H](C(=O)O)N1C(=O)O. The normalized spacial score (nSPS) is 25.0. The molecular formula is C8H11NO6. The second kappa shape index (κ2) is 4.16. The number of esters is 1. The molecule has 1 aliphatic heterocycles. The van der Waals surface area contributed by atoms with Crippen molar-refractivity contribution in [1.82, 2.24) is 4.90 Å². The third-order valence-corrected chi connectivity index (χ3v) is 2.14. The van der Waals surface area contributed by atoms with Gasteiger partial charge in [-0.05, 0) is 6.42 Å². The summed E-state index contributed by atoms with van der Waals surface area (Å²) >= 11 is 0. The number of likely N-dealkylation sites (tertiary alicyclic amines) is 1. The number of nitrogens with zero attached hydrogens (tertiary/aromatic N) is 1. The molecular weight excluding hydrogens is 206 g/mol. The molecule has 1 unspecified atom stereocenters. The number of hydrogen-bond acceptors (Lipinski definition) is 4. The molecule has 0 bridgehead atoms. The van der Waals surface area contributed by atoms with E-state index in [9.17, 15) is 14.4 Å². The van der Waals surface area contributed by atoms with Crippen molar-refractivity contribution in [1.29, 1.82) is 0 Å². The topological polar surface area (TPSA) is 104 Å². The van der Waals surface area contributed by atoms with Crippen LogP contribution in [0.15, 0.2) is 0 Å². The van der Waals surface area contributed by atoms with Crippen LogP contribution in [0.4, 0.5) is 4.79 Å². The van der Waals surface area contributed by atoms with Crippen LogP contribution in [0.5, 0.6) is 0 Å². The Bertz CT molecular complexity index is 302. The Balaban J connectivity index is 2.79. The van der Waals surface area contributed by atoms with Crippen LogP contribution in [-0.4, -0.2) is 45.4 Å². The van der Waals surface area contributed by atoms with E-state index in [1.165, 1.54) is 0 Å². The monoisotopic (exact) mass is 217 g/mol. The van der Waals surface area contributed by atoms with Gasteiger partial charge in [-0.1, -0.05) is 0 Å². The smallest absolute Gasteiger partial charge is 0.410 e. The fourth-order valence-corrected chi connectivity index (χ4v) is 1.59. The molecule has 0 spiro atoms. The number of carboxylic acids is 1. The molecule has 2 N–H and O–H groups in total. The number of rotatable bonds is 2. The van der Waals surface area contributed by atoms with Crippen LogP contribution in [0, 0.1) is 0 Å². The third-order valence-electron chi connectivity index (χ3n) is 2.14. The van der Waals surface area contributed by atoms with Gasteiger partial charge in [-0.15, -0.1) is 0 Å². The fraction of sp³-hybridized carbons (Fsp3) is 0.625. The second-order valence-corrected chi connectivity index (χ2v) is 3.19. The predicted molar refractivity (Wildman–Crippen MR) is 46.1 cm³/mol. The largest absolute Gasteiger partial charge is 0.480 e. The number of carbonyl (C=O) groups is 3. The lowest BCUT2D eigenvalue weighted by Crippen LogP contribution is -2.45. The molecule has 1 aliphatic rings. The summed E-state index contributed by atoms with van der Waals surface area (Å²) < 4.78 is 4.71. The molecule has 0 aromatic heterocycles. The summed E-state index contributed by atoms with van der Waals surface area (Å²) in [6, 6.07) is -1.13. The quantitative estimate of drug-likeness (QED) is 0.636. The highest BCUT2D eigenvalue weighted by atomic mass is 16.6. The average molecular weight is 217 g/mol. The Morgan fingerprint density at radius 3 is 2.27 bits per heavy atom. The number of hydrogen-bond donors (Lipinski definition) is 2. The van der Waals surface area contributed by atoms with Gasteiger partial charge >= 0.3 is 18.0 Å². The van der Waals surface area contributed by atoms with E-state index < -0.39 is 30.3 Å². The molecule has 0 saturated carbocycles. The van der Waals surface area contributed by atoms with E-state index in [1.54, 1.807) is 0 Å². The van der Waals surface area contributed by atoms with E-state index in [0.29, 0.717) is 4.90 Å². The number of carbonyl (C=O) groups excluding carboxylic acids is 1. The Labute approximate surface area is 85.2 Å². The van der Waals surface area contributed by atoms with Crippen LogP contribution < -0.4 is 0 Å². The summed E-state index contributed by atoms with van der Waals surface area (Å²) in [5.74, 6) is -1.86. The lowest BCUT2D eigenvalue weighted by molar-refractivity contribution is -0.157. The molecule has 1 saturated heterocycles. The van der Waals surface area contributed by atoms with Crippen molar-refractivity contribution in [2.45, 2.75) is 32.0 Å². The second-order valence-electron chi connectivity index (χ2n) is 3.19. The van der Waals surface area contributed by atoms with E-state index in [0.717, 1.165) is 6.92 Å². The zero-order valence-corrected chi connectivity index (χ0v) is 8.04. The maximum Gasteiger partial charge on any atom is 0.410 e. The highest BCUT2D eigenvalue weighted by Gasteiger charge is 2.42. The molecule has 0 aliphatic carbocycles. The van der Waals surface area contributed by atoms with Gasteiger partial charge in [0.2, 0.25) is 0 Å². The molecule has 1 heterocycles. The maximum atomic E-state index is 10.8. The van der Waals surface area contributed by atoms with Gasteiger partial charge in [0, 0.05) is 13.3 Å². The van der Waals surface area contributed by atoms with E-state index >= 15 is 0 Å². The van der Waals surface area contributed by atoms with Gasteiger partial charge in [0.15, 0.2) is 6.23 Å². The van der Waals surface area contributed by atoms with Crippen LogP contribution in [0.3, 0.4) is 0 Å². The van der Waals surface area contributed by atoms with Crippen LogP contribution in [0.2, 0.25) is 0 Å². The predicted octanol–water partition coefficient (Wildman–Crippen LogP) is 0.103. The molecule has 15 heavy (non-hydrogen) atoms. The van der Waals surface area contributed by atoms with E-state index in [1.807, 2.05) is 0 Å². The minimum Gasteiger partial charge on any atom is -0.480 e. The molecule has 0 aromatic carbocycles. The standard InChI is InChI=1S/C8H11NO6/c1-4(10)15-6-3-2-5(7(11)12)9(6)8(13)14/h5-6H,2-3H2,1H3,(H,11,12)(H,13,14)/t5-,6?/m0/s1. The first-order valence-corrected chi connectivity index (χ1v) is 4.34. The highest BCUT2D eigenvalue weighted by molar-refractivity contribution is 5.80. The summed E-state index contributed by atoms with van der Waals surface area (Å²) in [5.41, 5.74) is 0. The van der Waals surface area contributed by atoms with Crippen molar-refractivity contribution in [3.63, 3.8) is 0 Å². The summed E-state index contributed by atoms with van der Waals surface area (Å²) in [5, 5.41) is 17.5. The van der Waals surface area contributed by atoms with Crippen molar-refractivity contribution in [2.75, 3.05) is 0 Å². The van der Waals surface area contributed by atoms with Crippen LogP contribution in [-0.2, 0) is 14.3 Å². The van der Waals surface area contributed by atoms with Crippen molar-refractivity contribution in [3.05, 3.63) is 0 Å². The lowest BCUT2D eigenvalue weighted by Gasteiger charge is -2.24. The Morgan fingerprint density at radius 1 is 1.27 bits per heavy atom. The molecule has 2 atom stereocenters. The van der Waals surface area contributed by atoms with Crippen LogP contribution in [0.1, 0.15) is 19.8 Å². The maximum absolute atomic E-state index is 10.8. The Hall–Kier alpha value is -1.79. The molecule has 1 rings (SSSR count). The first kappa shape index (κ1) is 11.3. The molecule has 84 valence electrons. The highest BCUT2D eigenvalue weighted by Crippen LogP contribution is 2.25. The van der Waals surface area contributed by atoms with E-state index in [-0.39, 0.29) is 12.8 Å². The molecule has 7 nitrogen and oxygen atoms in total. The van der Waals surface area contributed by atoms with E-state index in [2.05, 4.69) is 0 Å². The van der Waals surface area contributed by atoms with Gasteiger partial charge in [0.25, 0.3) is 0 Å². The molecule has 0 radical (unpaired) electrons. The van der Waals surface area contributed by atoms with Crippen LogP contribution in [0.25, 0.3) is 0 Å². The minimum atomic E-state index is -1.40. The first-order valence-electron chi connectivity index (χ1n) is 4.34. The van der Waals surface area contributed by atoms with Crippen LogP contribution >= 0.6 is 0 Å². The number of aliphatic carboxylic acids is 1. The van der Waals surface area contributed by atoms with Crippen molar-refractivity contribution < 1.29 is 29.3 Å². The zero-order chi connectivity index (χ0) is 11.6. The van der Waals surface area contributed by atoms with Gasteiger partial charge in [-0.2, -0.15) is 0 Å². The molecule has 7 heteroatoms. The van der Waals surface area contributed by atoms with Crippen molar-refractivity contribution >= 4 is 18.0 Å². The first-order chi connectivity index (χ1) is 6.93. The van der Waals surface area contributed by atoms with Crippen molar-refractivity contribution in [3.8, 4) is 0 Å².